The molecule has 124 valence electrons. The monoisotopic (exact) mass is 319 g/mol. The van der Waals surface area contributed by atoms with Crippen LogP contribution in [0.15, 0.2) is 15.8 Å². The van der Waals surface area contributed by atoms with Gasteiger partial charge < -0.3 is 9.88 Å². The summed E-state index contributed by atoms with van der Waals surface area (Å²) in [4.78, 5) is 39.9. The number of carbonyl (C=O) groups excluding carboxylic acids is 1. The van der Waals surface area contributed by atoms with Crippen molar-refractivity contribution in [3.63, 3.8) is 0 Å². The molecule has 1 amide bonds. The Labute approximate surface area is 133 Å². The highest BCUT2D eigenvalue weighted by Gasteiger charge is 2.23. The van der Waals surface area contributed by atoms with Crippen LogP contribution in [0.25, 0.3) is 0 Å². The van der Waals surface area contributed by atoms with Crippen LogP contribution >= 0.6 is 0 Å². The first-order chi connectivity index (χ1) is 10.7. The first-order valence-corrected chi connectivity index (χ1v) is 7.28. The summed E-state index contributed by atoms with van der Waals surface area (Å²) in [6, 6.07) is -0.173. The number of H-pyrrole nitrogens is 2. The lowest BCUT2D eigenvalue weighted by molar-refractivity contribution is -0.131. The van der Waals surface area contributed by atoms with Gasteiger partial charge in [-0.25, -0.2) is 4.79 Å². The second-order valence-electron chi connectivity index (χ2n) is 5.69. The van der Waals surface area contributed by atoms with Gasteiger partial charge in [0, 0.05) is 37.1 Å². The van der Waals surface area contributed by atoms with Crippen molar-refractivity contribution in [2.24, 2.45) is 7.05 Å². The van der Waals surface area contributed by atoms with Gasteiger partial charge in [-0.05, 0) is 20.8 Å². The number of amides is 1. The van der Waals surface area contributed by atoms with Crippen LogP contribution in [0.1, 0.15) is 35.5 Å². The van der Waals surface area contributed by atoms with Gasteiger partial charge in [0.1, 0.15) is 0 Å². The van der Waals surface area contributed by atoms with Gasteiger partial charge >= 0.3 is 5.69 Å². The molecule has 8 nitrogen and oxygen atoms in total. The van der Waals surface area contributed by atoms with Gasteiger partial charge in [-0.1, -0.05) is 0 Å². The maximum Gasteiger partial charge on any atom is 0.328 e. The van der Waals surface area contributed by atoms with E-state index in [1.54, 1.807) is 11.9 Å². The highest BCUT2D eigenvalue weighted by molar-refractivity contribution is 5.78. The van der Waals surface area contributed by atoms with E-state index in [-0.39, 0.29) is 23.9 Å². The second-order valence-corrected chi connectivity index (χ2v) is 5.69. The van der Waals surface area contributed by atoms with Crippen LogP contribution in [0.4, 0.5) is 0 Å². The van der Waals surface area contributed by atoms with Crippen LogP contribution in [0.5, 0.6) is 0 Å². The lowest BCUT2D eigenvalue weighted by Gasteiger charge is -2.25. The molecule has 2 aromatic heterocycles. The number of aryl methyl sites for hydroxylation is 2. The summed E-state index contributed by atoms with van der Waals surface area (Å²) in [6.45, 7) is 5.70. The lowest BCUT2D eigenvalue weighted by atomic mass is 10.0. The number of carbonyl (C=O) groups is 1. The number of nitrogens with one attached hydrogen (secondary N) is 2. The van der Waals surface area contributed by atoms with Crippen molar-refractivity contribution in [3.05, 3.63) is 49.5 Å². The molecule has 2 aromatic rings. The zero-order chi connectivity index (χ0) is 17.3. The molecule has 0 saturated heterocycles. The predicted molar refractivity (Wildman–Crippen MR) is 85.3 cm³/mol. The minimum Gasteiger partial charge on any atom is -0.339 e. The second kappa shape index (κ2) is 6.23. The van der Waals surface area contributed by atoms with Crippen molar-refractivity contribution in [1.29, 1.82) is 0 Å². The molecule has 2 heterocycles. The Morgan fingerprint density at radius 2 is 2.04 bits per heavy atom. The topological polar surface area (TPSA) is 104 Å². The number of aromatic nitrogens is 4. The van der Waals surface area contributed by atoms with Gasteiger partial charge in [0.05, 0.1) is 18.2 Å². The maximum absolute atomic E-state index is 12.5. The van der Waals surface area contributed by atoms with E-state index in [1.165, 1.54) is 13.2 Å². The lowest BCUT2D eigenvalue weighted by Crippen LogP contribution is -2.37. The van der Waals surface area contributed by atoms with Crippen LogP contribution in [-0.4, -0.2) is 37.6 Å². The van der Waals surface area contributed by atoms with Gasteiger partial charge in [0.2, 0.25) is 5.91 Å². The highest BCUT2D eigenvalue weighted by atomic mass is 16.2. The largest absolute Gasteiger partial charge is 0.339 e. The normalized spacial score (nSPS) is 12.2. The molecule has 0 spiro atoms. The molecule has 1 atom stereocenters. The molecule has 2 N–H and O–H groups in total. The summed E-state index contributed by atoms with van der Waals surface area (Å²) in [6.07, 6.45) is 1.23. The first-order valence-electron chi connectivity index (χ1n) is 7.28. The van der Waals surface area contributed by atoms with Crippen LogP contribution in [0.3, 0.4) is 0 Å². The Morgan fingerprint density at radius 3 is 2.61 bits per heavy atom. The molecule has 0 fully saturated rings. The number of hydrogen-bond acceptors (Lipinski definition) is 4. The van der Waals surface area contributed by atoms with Gasteiger partial charge in [0.15, 0.2) is 0 Å². The van der Waals surface area contributed by atoms with Gasteiger partial charge in [0.25, 0.3) is 5.56 Å². The highest BCUT2D eigenvalue weighted by Crippen LogP contribution is 2.24. The van der Waals surface area contributed by atoms with Crippen molar-refractivity contribution in [2.75, 3.05) is 7.05 Å². The average molecular weight is 319 g/mol. The Kier molecular flexibility index (Phi) is 4.53. The maximum atomic E-state index is 12.5. The smallest absolute Gasteiger partial charge is 0.328 e. The van der Waals surface area contributed by atoms with Crippen LogP contribution < -0.4 is 11.2 Å². The average Bonchev–Trinajstić information content (AvgIpc) is 2.85. The zero-order valence-electron chi connectivity index (χ0n) is 13.9. The van der Waals surface area contributed by atoms with Gasteiger partial charge in [-0.3, -0.25) is 19.3 Å². The van der Waals surface area contributed by atoms with E-state index in [9.17, 15) is 14.4 Å². The number of aromatic amines is 2. The summed E-state index contributed by atoms with van der Waals surface area (Å²) in [5.74, 6) is -0.207. The Bertz CT molecular complexity index is 826. The molecule has 23 heavy (non-hydrogen) atoms. The molecule has 0 saturated carbocycles. The van der Waals surface area contributed by atoms with E-state index in [0.29, 0.717) is 0 Å². The molecule has 8 heteroatoms. The molecule has 0 aliphatic heterocycles. The Balaban J connectivity index is 2.23. The van der Waals surface area contributed by atoms with Gasteiger partial charge in [-0.15, -0.1) is 0 Å². The summed E-state index contributed by atoms with van der Waals surface area (Å²) < 4.78 is 0.955. The molecular formula is C15H21N5O3. The molecule has 0 unspecified atom stereocenters. The fourth-order valence-electron chi connectivity index (χ4n) is 2.61. The van der Waals surface area contributed by atoms with E-state index in [2.05, 4.69) is 15.2 Å². The van der Waals surface area contributed by atoms with E-state index in [1.807, 2.05) is 20.8 Å². The van der Waals surface area contributed by atoms with Crippen LogP contribution in [0, 0.1) is 13.8 Å². The Morgan fingerprint density at radius 1 is 1.39 bits per heavy atom. The van der Waals surface area contributed by atoms with Crippen molar-refractivity contribution < 1.29 is 4.79 Å². The van der Waals surface area contributed by atoms with Crippen LogP contribution in [-0.2, 0) is 18.3 Å². The fourth-order valence-corrected chi connectivity index (χ4v) is 2.61. The molecule has 0 radical (unpaired) electrons. The van der Waals surface area contributed by atoms with Crippen molar-refractivity contribution in [2.45, 2.75) is 33.2 Å². The number of hydrogen-bond donors (Lipinski definition) is 2. The fraction of sp³-hybridized carbons (Fsp3) is 0.467. The van der Waals surface area contributed by atoms with E-state index < -0.39 is 11.2 Å². The standard InChI is InChI=1S/C15H21N5O3/c1-8-13(9(2)18-17-8)10(3)19(4)12(21)6-11-7-16-15(23)20(5)14(11)22/h7,10H,6H2,1-5H3,(H,16,23)(H,17,18)/t10-/m0/s1. The SMILES string of the molecule is Cc1n[nH]c(C)c1[C@H](C)N(C)C(=O)Cc1c[nH]c(=O)n(C)c1=O. The minimum atomic E-state index is -0.502. The summed E-state index contributed by atoms with van der Waals surface area (Å²) in [5.41, 5.74) is 2.02. The molecule has 0 aliphatic rings. The third-order valence-electron chi connectivity index (χ3n) is 4.17. The zero-order valence-corrected chi connectivity index (χ0v) is 13.9. The number of rotatable bonds is 4. The summed E-state index contributed by atoms with van der Waals surface area (Å²) in [7, 11) is 3.06. The third-order valence-corrected chi connectivity index (χ3v) is 4.17. The first kappa shape index (κ1) is 16.7. The van der Waals surface area contributed by atoms with Crippen molar-refractivity contribution in [1.82, 2.24) is 24.6 Å². The molecular weight excluding hydrogens is 298 g/mol. The molecule has 0 aromatic carbocycles. The number of nitrogens with zero attached hydrogens (tertiary/aromatic N) is 3. The Hall–Kier alpha value is -2.64. The molecule has 2 rings (SSSR count). The van der Waals surface area contributed by atoms with Gasteiger partial charge in [-0.2, -0.15) is 5.10 Å². The number of likely N-dealkylation sites (N-methyl/N-ethyl adjacent to an activating group) is 1. The summed E-state index contributed by atoms with van der Waals surface area (Å²) in [5, 5.41) is 7.05. The van der Waals surface area contributed by atoms with Crippen molar-refractivity contribution >= 4 is 5.91 Å². The molecule has 0 bridgehead atoms. The quantitative estimate of drug-likeness (QED) is 0.838. The third kappa shape index (κ3) is 3.10. The minimum absolute atomic E-state index is 0.0692. The van der Waals surface area contributed by atoms with Crippen molar-refractivity contribution in [3.8, 4) is 0 Å². The predicted octanol–water partition coefficient (Wildman–Crippen LogP) is 0.176. The van der Waals surface area contributed by atoms with E-state index in [0.717, 1.165) is 21.5 Å². The van der Waals surface area contributed by atoms with E-state index in [4.69, 9.17) is 0 Å². The molecule has 0 aliphatic carbocycles. The van der Waals surface area contributed by atoms with E-state index >= 15 is 0 Å². The van der Waals surface area contributed by atoms with Crippen LogP contribution in [0.2, 0.25) is 0 Å². The summed E-state index contributed by atoms with van der Waals surface area (Å²) >= 11 is 0.